The van der Waals surface area contributed by atoms with Crippen molar-refractivity contribution in [1.29, 1.82) is 0 Å². The van der Waals surface area contributed by atoms with Crippen LogP contribution in [0.4, 0.5) is 0 Å². The van der Waals surface area contributed by atoms with E-state index in [1.165, 1.54) is 0 Å². The Bertz CT molecular complexity index is 1100. The Morgan fingerprint density at radius 3 is 1.52 bits per heavy atom. The highest BCUT2D eigenvalue weighted by molar-refractivity contribution is 7.80. The highest BCUT2D eigenvalue weighted by Gasteiger charge is 2.54. The van der Waals surface area contributed by atoms with Gasteiger partial charge < -0.3 is 93.5 Å². The van der Waals surface area contributed by atoms with Crippen molar-refractivity contribution in [3.8, 4) is 0 Å². The van der Waals surface area contributed by atoms with Gasteiger partial charge in [-0.1, -0.05) is 0 Å². The zero-order chi connectivity index (χ0) is 34.2. The summed E-state index contributed by atoms with van der Waals surface area (Å²) < 4.78 is 70.7. The molecule has 0 aromatic rings. The van der Waals surface area contributed by atoms with Crippen LogP contribution in [0.5, 0.6) is 0 Å². The van der Waals surface area contributed by atoms with Crippen LogP contribution >= 0.6 is 0 Å². The van der Waals surface area contributed by atoms with Crippen molar-refractivity contribution < 1.29 is 76.2 Å². The predicted octanol–water partition coefficient (Wildman–Crippen LogP) is -9.07. The molecule has 0 aromatic carbocycles. The molecule has 19 N–H and O–H groups in total. The zero-order valence-corrected chi connectivity index (χ0v) is 25.3. The third-order valence-corrected chi connectivity index (χ3v) is 9.01. The molecule has 0 bridgehead atoms. The maximum Gasteiger partial charge on any atom is 0.397 e. The summed E-state index contributed by atoms with van der Waals surface area (Å²) in [6, 6.07) is -4.59. The van der Waals surface area contributed by atoms with E-state index in [2.05, 4.69) is 4.18 Å². The first-order chi connectivity index (χ1) is 21.5. The Morgan fingerprint density at radius 2 is 1.04 bits per heavy atom. The lowest BCUT2D eigenvalue weighted by molar-refractivity contribution is -0.306. The number of rotatable bonds is 11. The smallest absolute Gasteiger partial charge is 0.389 e. The Hall–Kier alpha value is -0.850. The quantitative estimate of drug-likeness (QED) is 0.0892. The van der Waals surface area contributed by atoms with Crippen LogP contribution in [0.25, 0.3) is 0 Å². The first-order valence-corrected chi connectivity index (χ1v) is 15.9. The standard InChI is InChI=1S/C23H46N6O16S/c24-2-7-13(31)15(33)10(28)21(40-7)43-18-6(27)1-5(26)12(30)20(18)45-23-17(35)19(9(42-23)4-39-46(36,37)38)44-22-11(29)16(34)14(32)8(3-25)41-22/h5-23,30-35H,1-4,24-29H2,(H,36,37,38)/t5-,6+,7-,8+,9-,10-,11-,12+,13-,14-,15-,16-,17-,18-,19-,20-,21-,22-,23+/m1/s1. The van der Waals surface area contributed by atoms with Gasteiger partial charge in [-0.05, 0) is 6.42 Å². The fourth-order valence-electron chi connectivity index (χ4n) is 5.88. The van der Waals surface area contributed by atoms with Crippen molar-refractivity contribution in [2.24, 2.45) is 34.4 Å². The third-order valence-electron chi connectivity index (χ3n) is 8.57. The van der Waals surface area contributed by atoms with Crippen molar-refractivity contribution in [2.75, 3.05) is 19.7 Å². The number of nitrogens with two attached hydrogens (primary N) is 6. The van der Waals surface area contributed by atoms with Gasteiger partial charge in [0.25, 0.3) is 0 Å². The molecule has 1 saturated carbocycles. The Kier molecular flexibility index (Phi) is 12.7. The monoisotopic (exact) mass is 694 g/mol. The molecule has 4 rings (SSSR count). The molecule has 4 aliphatic rings. The second-order valence-electron chi connectivity index (χ2n) is 11.8. The van der Waals surface area contributed by atoms with Crippen LogP contribution in [0.3, 0.4) is 0 Å². The maximum absolute atomic E-state index is 11.3. The third kappa shape index (κ3) is 8.12. The normalized spacial score (nSPS) is 50.5. The van der Waals surface area contributed by atoms with Crippen LogP contribution in [0, 0.1) is 0 Å². The molecule has 3 saturated heterocycles. The fraction of sp³-hybridized carbons (Fsp3) is 1.00. The molecule has 0 radical (unpaired) electrons. The summed E-state index contributed by atoms with van der Waals surface area (Å²) in [4.78, 5) is 0. The SMILES string of the molecule is NC[C@@H]1O[C@H](O[C@H]2[C@@H](O)[C@H](O[C@@H]3[C@@H](O)[C@H](N)C[C@H](N)[C@H]3O[C@H]3O[C@H](CN)[C@@H](O)[C@H](O)[C@H]3N)O[C@@H]2COS(=O)(=O)O)[C@H](N)[C@@H](O)[C@@H]1O. The Labute approximate surface area is 263 Å². The molecule has 3 heterocycles. The zero-order valence-electron chi connectivity index (χ0n) is 24.5. The molecule has 46 heavy (non-hydrogen) atoms. The average Bonchev–Trinajstić information content (AvgIpc) is 3.29. The van der Waals surface area contributed by atoms with Crippen LogP contribution in [0.1, 0.15) is 6.42 Å². The molecule has 23 heteroatoms. The lowest BCUT2D eigenvalue weighted by Gasteiger charge is -2.47. The molecule has 0 unspecified atom stereocenters. The molecule has 4 fully saturated rings. The molecule has 3 aliphatic heterocycles. The molecule has 1 aliphatic carbocycles. The van der Waals surface area contributed by atoms with Gasteiger partial charge in [0.15, 0.2) is 18.9 Å². The Morgan fingerprint density at radius 1 is 0.587 bits per heavy atom. The summed E-state index contributed by atoms with van der Waals surface area (Å²) in [5.74, 6) is 0. The van der Waals surface area contributed by atoms with E-state index in [-0.39, 0.29) is 19.5 Å². The fourth-order valence-corrected chi connectivity index (χ4v) is 6.19. The molecular weight excluding hydrogens is 648 g/mol. The number of hydrogen-bond donors (Lipinski definition) is 13. The number of aliphatic hydroxyl groups excluding tert-OH is 6. The molecule has 0 aromatic heterocycles. The van der Waals surface area contributed by atoms with E-state index in [0.717, 1.165) is 0 Å². The van der Waals surface area contributed by atoms with Crippen LogP contribution in [-0.2, 0) is 43.0 Å². The predicted molar refractivity (Wildman–Crippen MR) is 149 cm³/mol. The minimum Gasteiger partial charge on any atom is -0.389 e. The lowest BCUT2D eigenvalue weighted by Crippen LogP contribution is -2.68. The van der Waals surface area contributed by atoms with E-state index in [1.807, 2.05) is 0 Å². The summed E-state index contributed by atoms with van der Waals surface area (Å²) in [5, 5.41) is 63.4. The van der Waals surface area contributed by atoms with Gasteiger partial charge in [0, 0.05) is 25.2 Å². The summed E-state index contributed by atoms with van der Waals surface area (Å²) in [7, 11) is -5.01. The highest BCUT2D eigenvalue weighted by atomic mass is 32.3. The van der Waals surface area contributed by atoms with E-state index >= 15 is 0 Å². The first-order valence-electron chi connectivity index (χ1n) is 14.5. The van der Waals surface area contributed by atoms with Gasteiger partial charge in [-0.2, -0.15) is 8.42 Å². The van der Waals surface area contributed by atoms with Gasteiger partial charge in [0.1, 0.15) is 67.1 Å². The van der Waals surface area contributed by atoms with Gasteiger partial charge in [-0.25, -0.2) is 4.18 Å². The molecule has 0 amide bonds. The molecule has 19 atom stereocenters. The summed E-state index contributed by atoms with van der Waals surface area (Å²) >= 11 is 0. The number of ether oxygens (including phenoxy) is 6. The van der Waals surface area contributed by atoms with Gasteiger partial charge in [-0.15, -0.1) is 0 Å². The average molecular weight is 695 g/mol. The van der Waals surface area contributed by atoms with Gasteiger partial charge in [0.2, 0.25) is 0 Å². The lowest BCUT2D eigenvalue weighted by atomic mass is 9.84. The minimum atomic E-state index is -5.01. The van der Waals surface area contributed by atoms with Crippen molar-refractivity contribution in [1.82, 2.24) is 0 Å². The topological polar surface area (TPSA) is 396 Å². The van der Waals surface area contributed by atoms with E-state index < -0.39 is 133 Å². The minimum absolute atomic E-state index is 0.0111. The van der Waals surface area contributed by atoms with Gasteiger partial charge in [0.05, 0.1) is 24.8 Å². The second kappa shape index (κ2) is 15.4. The summed E-state index contributed by atoms with van der Waals surface area (Å²) in [5.41, 5.74) is 35.6. The highest BCUT2D eigenvalue weighted by Crippen LogP contribution is 2.34. The van der Waals surface area contributed by atoms with E-state index in [4.69, 9.17) is 67.4 Å². The van der Waals surface area contributed by atoms with Gasteiger partial charge >= 0.3 is 10.4 Å². The van der Waals surface area contributed by atoms with Crippen molar-refractivity contribution in [2.45, 2.75) is 123 Å². The van der Waals surface area contributed by atoms with Crippen molar-refractivity contribution in [3.05, 3.63) is 0 Å². The van der Waals surface area contributed by atoms with Gasteiger partial charge in [-0.3, -0.25) is 4.55 Å². The molecule has 270 valence electrons. The first kappa shape index (κ1) is 38.0. The van der Waals surface area contributed by atoms with E-state index in [1.54, 1.807) is 0 Å². The van der Waals surface area contributed by atoms with E-state index in [0.29, 0.717) is 0 Å². The van der Waals surface area contributed by atoms with Crippen LogP contribution in [0.15, 0.2) is 0 Å². The second-order valence-corrected chi connectivity index (χ2v) is 12.9. The largest absolute Gasteiger partial charge is 0.397 e. The maximum atomic E-state index is 11.3. The van der Waals surface area contributed by atoms with Crippen LogP contribution in [0.2, 0.25) is 0 Å². The van der Waals surface area contributed by atoms with Crippen molar-refractivity contribution in [3.63, 3.8) is 0 Å². The molecule has 0 spiro atoms. The number of hydrogen-bond acceptors (Lipinski definition) is 21. The van der Waals surface area contributed by atoms with E-state index in [9.17, 15) is 39.1 Å². The molecular formula is C23H46N6O16S. The van der Waals surface area contributed by atoms with Crippen LogP contribution in [-0.4, -0.2) is 180 Å². The van der Waals surface area contributed by atoms with Crippen molar-refractivity contribution >= 4 is 10.4 Å². The number of aliphatic hydroxyl groups is 6. The summed E-state index contributed by atoms with van der Waals surface area (Å²) in [6.07, 6.45) is -22.0. The molecule has 22 nitrogen and oxygen atoms in total. The summed E-state index contributed by atoms with van der Waals surface area (Å²) in [6.45, 7) is -1.39. The van der Waals surface area contributed by atoms with Crippen LogP contribution < -0.4 is 34.4 Å². The Balaban J connectivity index is 1.56.